The van der Waals surface area contributed by atoms with E-state index in [0.717, 1.165) is 45.2 Å². The Bertz CT molecular complexity index is 971. The van der Waals surface area contributed by atoms with Gasteiger partial charge in [-0.3, -0.25) is 4.68 Å². The van der Waals surface area contributed by atoms with Gasteiger partial charge in [0.05, 0.1) is 26.3 Å². The number of rotatable bonds is 9. The van der Waals surface area contributed by atoms with E-state index in [4.69, 9.17) is 9.73 Å². The Hall–Kier alpha value is -3.12. The fourth-order valence-electron chi connectivity index (χ4n) is 4.10. The molecule has 0 radical (unpaired) electrons. The lowest BCUT2D eigenvalue weighted by atomic mass is 10.1. The van der Waals surface area contributed by atoms with Crippen molar-refractivity contribution < 1.29 is 4.74 Å². The van der Waals surface area contributed by atoms with Gasteiger partial charge in [-0.1, -0.05) is 54.6 Å². The first-order valence-corrected chi connectivity index (χ1v) is 11.5. The van der Waals surface area contributed by atoms with E-state index in [9.17, 15) is 0 Å². The minimum Gasteiger partial charge on any atom is -0.376 e. The van der Waals surface area contributed by atoms with Crippen molar-refractivity contribution in [3.05, 3.63) is 89.7 Å². The topological polar surface area (TPSA) is 54.7 Å². The number of nitrogens with one attached hydrogen (secondary N) is 1. The maximum absolute atomic E-state index is 5.99. The SMILES string of the molecule is CCNC(=NCc1ccccc1Cn1cccn1)N1CCC(COCc2ccccc2)C1. The molecule has 0 bridgehead atoms. The molecule has 4 rings (SSSR count). The highest BCUT2D eigenvalue weighted by atomic mass is 16.5. The first-order chi connectivity index (χ1) is 15.8. The smallest absolute Gasteiger partial charge is 0.194 e. The molecule has 168 valence electrons. The van der Waals surface area contributed by atoms with Gasteiger partial charge < -0.3 is 15.0 Å². The van der Waals surface area contributed by atoms with Crippen molar-refractivity contribution in [3.63, 3.8) is 0 Å². The second-order valence-electron chi connectivity index (χ2n) is 8.24. The Kier molecular flexibility index (Phi) is 7.93. The fraction of sp³-hybridized carbons (Fsp3) is 0.385. The molecule has 0 spiro atoms. The van der Waals surface area contributed by atoms with Crippen molar-refractivity contribution in [2.24, 2.45) is 10.9 Å². The molecule has 1 N–H and O–H groups in total. The summed E-state index contributed by atoms with van der Waals surface area (Å²) in [5.74, 6) is 1.53. The third-order valence-electron chi connectivity index (χ3n) is 5.79. The van der Waals surface area contributed by atoms with Crippen LogP contribution in [0, 0.1) is 5.92 Å². The van der Waals surface area contributed by atoms with Crippen LogP contribution in [0.3, 0.4) is 0 Å². The van der Waals surface area contributed by atoms with Gasteiger partial charge in [0.15, 0.2) is 5.96 Å². The van der Waals surface area contributed by atoms with Crippen LogP contribution in [-0.2, 0) is 24.4 Å². The molecule has 1 saturated heterocycles. The van der Waals surface area contributed by atoms with Gasteiger partial charge in [-0.25, -0.2) is 4.99 Å². The van der Waals surface area contributed by atoms with Gasteiger partial charge in [0.2, 0.25) is 0 Å². The van der Waals surface area contributed by atoms with Gasteiger partial charge >= 0.3 is 0 Å². The first-order valence-electron chi connectivity index (χ1n) is 11.5. The molecule has 2 aromatic carbocycles. The summed E-state index contributed by atoms with van der Waals surface area (Å²) in [5.41, 5.74) is 3.72. The summed E-state index contributed by atoms with van der Waals surface area (Å²) in [7, 11) is 0. The van der Waals surface area contributed by atoms with Crippen molar-refractivity contribution in [1.29, 1.82) is 0 Å². The molecule has 1 unspecified atom stereocenters. The number of benzene rings is 2. The summed E-state index contributed by atoms with van der Waals surface area (Å²) in [6, 6.07) is 20.8. The number of aromatic nitrogens is 2. The molecule has 6 nitrogen and oxygen atoms in total. The van der Waals surface area contributed by atoms with Crippen LogP contribution < -0.4 is 5.32 Å². The van der Waals surface area contributed by atoms with Gasteiger partial charge in [-0.2, -0.15) is 5.10 Å². The van der Waals surface area contributed by atoms with E-state index in [-0.39, 0.29) is 0 Å². The molecule has 1 aliphatic rings. The minimum absolute atomic E-state index is 0.537. The second kappa shape index (κ2) is 11.5. The Balaban J connectivity index is 1.33. The monoisotopic (exact) mass is 431 g/mol. The first kappa shape index (κ1) is 22.1. The highest BCUT2D eigenvalue weighted by molar-refractivity contribution is 5.80. The van der Waals surface area contributed by atoms with Crippen molar-refractivity contribution >= 4 is 5.96 Å². The van der Waals surface area contributed by atoms with Gasteiger partial charge in [0, 0.05) is 37.9 Å². The largest absolute Gasteiger partial charge is 0.376 e. The van der Waals surface area contributed by atoms with Gasteiger partial charge in [-0.15, -0.1) is 0 Å². The Morgan fingerprint density at radius 2 is 1.91 bits per heavy atom. The van der Waals surface area contributed by atoms with E-state index in [1.807, 2.05) is 29.2 Å². The Morgan fingerprint density at radius 1 is 1.09 bits per heavy atom. The van der Waals surface area contributed by atoms with E-state index in [1.54, 1.807) is 0 Å². The third kappa shape index (κ3) is 6.20. The molecule has 0 amide bonds. The highest BCUT2D eigenvalue weighted by Crippen LogP contribution is 2.18. The van der Waals surface area contributed by atoms with Crippen molar-refractivity contribution in [3.8, 4) is 0 Å². The van der Waals surface area contributed by atoms with Crippen LogP contribution in [0.2, 0.25) is 0 Å². The summed E-state index contributed by atoms with van der Waals surface area (Å²) >= 11 is 0. The average Bonchev–Trinajstić information content (AvgIpc) is 3.51. The Labute approximate surface area is 190 Å². The van der Waals surface area contributed by atoms with E-state index in [2.05, 4.69) is 70.8 Å². The lowest BCUT2D eigenvalue weighted by Gasteiger charge is -2.22. The standard InChI is InChI=1S/C26H33N5O/c1-2-27-26(28-17-24-11-6-7-12-25(24)19-31-15-8-14-29-31)30-16-13-23(18-30)21-32-20-22-9-4-3-5-10-22/h3-12,14-15,23H,2,13,16-21H2,1H3,(H,27,28). The molecule has 1 aromatic heterocycles. The molecule has 1 fully saturated rings. The molecule has 2 heterocycles. The quantitative estimate of drug-likeness (QED) is 0.412. The van der Waals surface area contributed by atoms with Crippen LogP contribution in [0.4, 0.5) is 0 Å². The number of guanidine groups is 1. The molecule has 0 aliphatic carbocycles. The van der Waals surface area contributed by atoms with Crippen molar-refractivity contribution in [1.82, 2.24) is 20.0 Å². The Morgan fingerprint density at radius 3 is 2.69 bits per heavy atom. The zero-order valence-corrected chi connectivity index (χ0v) is 18.9. The van der Waals surface area contributed by atoms with Crippen molar-refractivity contribution in [2.75, 3.05) is 26.2 Å². The zero-order chi connectivity index (χ0) is 22.0. The van der Waals surface area contributed by atoms with Crippen LogP contribution in [0.1, 0.15) is 30.0 Å². The van der Waals surface area contributed by atoms with Crippen LogP contribution in [0.15, 0.2) is 78.0 Å². The number of aliphatic imine (C=N–C) groups is 1. The maximum Gasteiger partial charge on any atom is 0.194 e. The summed E-state index contributed by atoms with van der Waals surface area (Å²) in [6.45, 7) is 7.87. The molecule has 6 heteroatoms. The predicted octanol–water partition coefficient (Wildman–Crippen LogP) is 3.94. The van der Waals surface area contributed by atoms with Crippen LogP contribution >= 0.6 is 0 Å². The third-order valence-corrected chi connectivity index (χ3v) is 5.79. The van der Waals surface area contributed by atoms with E-state index >= 15 is 0 Å². The lowest BCUT2D eigenvalue weighted by molar-refractivity contribution is 0.0906. The van der Waals surface area contributed by atoms with Crippen LogP contribution in [0.5, 0.6) is 0 Å². The number of hydrogen-bond donors (Lipinski definition) is 1. The fourth-order valence-corrected chi connectivity index (χ4v) is 4.10. The van der Waals surface area contributed by atoms with E-state index in [1.165, 1.54) is 16.7 Å². The number of hydrogen-bond acceptors (Lipinski definition) is 3. The number of likely N-dealkylation sites (tertiary alicyclic amines) is 1. The molecular formula is C26H33N5O. The summed E-state index contributed by atoms with van der Waals surface area (Å²) in [4.78, 5) is 7.35. The molecular weight excluding hydrogens is 398 g/mol. The lowest BCUT2D eigenvalue weighted by Crippen LogP contribution is -2.40. The maximum atomic E-state index is 5.99. The molecule has 32 heavy (non-hydrogen) atoms. The van der Waals surface area contributed by atoms with Crippen LogP contribution in [0.25, 0.3) is 0 Å². The highest BCUT2D eigenvalue weighted by Gasteiger charge is 2.25. The van der Waals surface area contributed by atoms with Gasteiger partial charge in [0.25, 0.3) is 0 Å². The molecule has 0 saturated carbocycles. The predicted molar refractivity (Wildman–Crippen MR) is 128 cm³/mol. The minimum atomic E-state index is 0.537. The molecule has 1 atom stereocenters. The second-order valence-corrected chi connectivity index (χ2v) is 8.24. The summed E-state index contributed by atoms with van der Waals surface area (Å²) in [5, 5.41) is 7.82. The van der Waals surface area contributed by atoms with Gasteiger partial charge in [0.1, 0.15) is 0 Å². The summed E-state index contributed by atoms with van der Waals surface area (Å²) in [6.07, 6.45) is 4.95. The normalized spacial score (nSPS) is 16.5. The van der Waals surface area contributed by atoms with E-state index < -0.39 is 0 Å². The summed E-state index contributed by atoms with van der Waals surface area (Å²) < 4.78 is 7.94. The van der Waals surface area contributed by atoms with Crippen LogP contribution in [-0.4, -0.2) is 46.9 Å². The number of ether oxygens (including phenoxy) is 1. The molecule has 1 aliphatic heterocycles. The number of nitrogens with zero attached hydrogens (tertiary/aromatic N) is 4. The average molecular weight is 432 g/mol. The van der Waals surface area contributed by atoms with Crippen molar-refractivity contribution in [2.45, 2.75) is 33.0 Å². The zero-order valence-electron chi connectivity index (χ0n) is 18.9. The molecule has 3 aromatic rings. The van der Waals surface area contributed by atoms with Gasteiger partial charge in [-0.05, 0) is 36.1 Å². The van der Waals surface area contributed by atoms with E-state index in [0.29, 0.717) is 19.1 Å².